The molecule has 0 bridgehead atoms. The summed E-state index contributed by atoms with van der Waals surface area (Å²) in [5.41, 5.74) is 0. The van der Waals surface area contributed by atoms with Gasteiger partial charge in [-0.05, 0) is 12.8 Å². The van der Waals surface area contributed by atoms with Gasteiger partial charge in [0.15, 0.2) is 6.29 Å². The van der Waals surface area contributed by atoms with Gasteiger partial charge in [-0.3, -0.25) is 0 Å². The molecule has 11 heavy (non-hydrogen) atoms. The SMILES string of the molecule is CCCCC(O)OCC1CO1. The molecule has 0 spiro atoms. The predicted molar refractivity (Wildman–Crippen MR) is 41.2 cm³/mol. The summed E-state index contributed by atoms with van der Waals surface area (Å²) >= 11 is 0. The minimum atomic E-state index is -0.584. The molecule has 2 unspecified atom stereocenters. The zero-order valence-electron chi connectivity index (χ0n) is 6.95. The van der Waals surface area contributed by atoms with Crippen molar-refractivity contribution >= 4 is 0 Å². The van der Waals surface area contributed by atoms with Gasteiger partial charge in [-0.15, -0.1) is 0 Å². The summed E-state index contributed by atoms with van der Waals surface area (Å²) in [7, 11) is 0. The lowest BCUT2D eigenvalue weighted by molar-refractivity contribution is -0.107. The maximum atomic E-state index is 9.18. The maximum absolute atomic E-state index is 9.18. The van der Waals surface area contributed by atoms with Crippen molar-refractivity contribution in [2.75, 3.05) is 13.2 Å². The highest BCUT2D eigenvalue weighted by Gasteiger charge is 2.23. The highest BCUT2D eigenvalue weighted by atomic mass is 16.6. The van der Waals surface area contributed by atoms with E-state index in [0.29, 0.717) is 6.61 Å². The van der Waals surface area contributed by atoms with E-state index < -0.39 is 6.29 Å². The summed E-state index contributed by atoms with van der Waals surface area (Å²) in [4.78, 5) is 0. The van der Waals surface area contributed by atoms with Gasteiger partial charge in [-0.25, -0.2) is 0 Å². The molecule has 1 aliphatic rings. The summed E-state index contributed by atoms with van der Waals surface area (Å²) in [5, 5.41) is 9.18. The summed E-state index contributed by atoms with van der Waals surface area (Å²) in [6, 6.07) is 0. The average Bonchev–Trinajstić information content (AvgIpc) is 2.80. The Balaban J connectivity index is 1.87. The van der Waals surface area contributed by atoms with Gasteiger partial charge >= 0.3 is 0 Å². The van der Waals surface area contributed by atoms with Crippen LogP contribution in [0.4, 0.5) is 0 Å². The van der Waals surface area contributed by atoms with E-state index in [1.807, 2.05) is 0 Å². The number of hydrogen-bond acceptors (Lipinski definition) is 3. The van der Waals surface area contributed by atoms with E-state index in [1.165, 1.54) is 0 Å². The van der Waals surface area contributed by atoms with Crippen LogP contribution in [0, 0.1) is 0 Å². The second-order valence-corrected chi connectivity index (χ2v) is 2.89. The van der Waals surface area contributed by atoms with Crippen molar-refractivity contribution in [2.45, 2.75) is 38.6 Å². The lowest BCUT2D eigenvalue weighted by Crippen LogP contribution is -2.15. The fraction of sp³-hybridized carbons (Fsp3) is 1.00. The van der Waals surface area contributed by atoms with Crippen molar-refractivity contribution in [2.24, 2.45) is 0 Å². The summed E-state index contributed by atoms with van der Waals surface area (Å²) in [5.74, 6) is 0. The molecule has 0 aromatic rings. The first-order chi connectivity index (χ1) is 5.33. The molecule has 3 heteroatoms. The highest BCUT2D eigenvalue weighted by molar-refractivity contribution is 4.67. The highest BCUT2D eigenvalue weighted by Crippen LogP contribution is 2.10. The largest absolute Gasteiger partial charge is 0.371 e. The Morgan fingerprint density at radius 2 is 2.45 bits per heavy atom. The Bertz CT molecular complexity index is 102. The lowest BCUT2D eigenvalue weighted by atomic mass is 10.2. The van der Waals surface area contributed by atoms with Crippen LogP contribution in [0.2, 0.25) is 0 Å². The van der Waals surface area contributed by atoms with Crippen LogP contribution in [0.15, 0.2) is 0 Å². The molecule has 1 aliphatic heterocycles. The minimum Gasteiger partial charge on any atom is -0.371 e. The molecule has 1 rings (SSSR count). The fourth-order valence-electron chi connectivity index (χ4n) is 0.845. The summed E-state index contributed by atoms with van der Waals surface area (Å²) in [6.45, 7) is 3.43. The molecule has 0 amide bonds. The van der Waals surface area contributed by atoms with Gasteiger partial charge in [0.05, 0.1) is 13.2 Å². The normalized spacial score (nSPS) is 25.1. The van der Waals surface area contributed by atoms with E-state index in [1.54, 1.807) is 0 Å². The average molecular weight is 160 g/mol. The quantitative estimate of drug-likeness (QED) is 0.464. The molecule has 3 nitrogen and oxygen atoms in total. The molecule has 66 valence electrons. The number of aliphatic hydroxyl groups excluding tert-OH is 1. The molecule has 1 N–H and O–H groups in total. The van der Waals surface area contributed by atoms with Gasteiger partial charge in [0.2, 0.25) is 0 Å². The van der Waals surface area contributed by atoms with Crippen LogP contribution in [0.5, 0.6) is 0 Å². The van der Waals surface area contributed by atoms with Gasteiger partial charge in [0.1, 0.15) is 6.10 Å². The molecule has 0 aromatic heterocycles. The van der Waals surface area contributed by atoms with E-state index in [0.717, 1.165) is 25.9 Å². The van der Waals surface area contributed by atoms with Crippen LogP contribution in [0.25, 0.3) is 0 Å². The number of ether oxygens (including phenoxy) is 2. The fourth-order valence-corrected chi connectivity index (χ4v) is 0.845. The van der Waals surface area contributed by atoms with Crippen molar-refractivity contribution in [1.29, 1.82) is 0 Å². The zero-order valence-corrected chi connectivity index (χ0v) is 6.95. The summed E-state index contributed by atoms with van der Waals surface area (Å²) in [6.07, 6.45) is 2.53. The van der Waals surface area contributed by atoms with E-state index in [-0.39, 0.29) is 6.10 Å². The first-order valence-corrected chi connectivity index (χ1v) is 4.24. The van der Waals surface area contributed by atoms with Crippen LogP contribution in [-0.2, 0) is 9.47 Å². The molecular formula is C8H16O3. The molecule has 1 heterocycles. The van der Waals surface area contributed by atoms with Crippen molar-refractivity contribution in [3.8, 4) is 0 Å². The van der Waals surface area contributed by atoms with Gasteiger partial charge in [-0.1, -0.05) is 13.3 Å². The van der Waals surface area contributed by atoms with Crippen LogP contribution in [0.3, 0.4) is 0 Å². The number of unbranched alkanes of at least 4 members (excludes halogenated alkanes) is 1. The molecule has 2 atom stereocenters. The number of aliphatic hydroxyl groups is 1. The van der Waals surface area contributed by atoms with Crippen LogP contribution >= 0.6 is 0 Å². The molecule has 0 aromatic carbocycles. The van der Waals surface area contributed by atoms with Crippen LogP contribution < -0.4 is 0 Å². The van der Waals surface area contributed by atoms with Crippen LogP contribution in [0.1, 0.15) is 26.2 Å². The third-order valence-electron chi connectivity index (χ3n) is 1.68. The number of rotatable bonds is 6. The molecule has 0 radical (unpaired) electrons. The van der Waals surface area contributed by atoms with Crippen molar-refractivity contribution < 1.29 is 14.6 Å². The molecular weight excluding hydrogens is 144 g/mol. The van der Waals surface area contributed by atoms with Crippen molar-refractivity contribution in [3.05, 3.63) is 0 Å². The number of epoxide rings is 1. The Kier molecular flexibility index (Phi) is 3.83. The lowest BCUT2D eigenvalue weighted by Gasteiger charge is -2.09. The predicted octanol–water partition coefficient (Wildman–Crippen LogP) is 0.910. The van der Waals surface area contributed by atoms with Gasteiger partial charge < -0.3 is 14.6 Å². The third-order valence-corrected chi connectivity index (χ3v) is 1.68. The number of hydrogen-bond donors (Lipinski definition) is 1. The Morgan fingerprint density at radius 3 is 3.00 bits per heavy atom. The molecule has 0 aliphatic carbocycles. The van der Waals surface area contributed by atoms with Gasteiger partial charge in [-0.2, -0.15) is 0 Å². The first-order valence-electron chi connectivity index (χ1n) is 4.24. The monoisotopic (exact) mass is 160 g/mol. The van der Waals surface area contributed by atoms with E-state index in [4.69, 9.17) is 9.47 Å². The summed E-state index contributed by atoms with van der Waals surface area (Å²) < 4.78 is 10.0. The minimum absolute atomic E-state index is 0.256. The van der Waals surface area contributed by atoms with E-state index in [2.05, 4.69) is 6.92 Å². The van der Waals surface area contributed by atoms with E-state index >= 15 is 0 Å². The van der Waals surface area contributed by atoms with Crippen molar-refractivity contribution in [3.63, 3.8) is 0 Å². The second-order valence-electron chi connectivity index (χ2n) is 2.89. The van der Waals surface area contributed by atoms with Gasteiger partial charge in [0, 0.05) is 0 Å². The Labute approximate surface area is 67.3 Å². The molecule has 0 saturated carbocycles. The van der Waals surface area contributed by atoms with Crippen molar-refractivity contribution in [1.82, 2.24) is 0 Å². The molecule has 1 saturated heterocycles. The third kappa shape index (κ3) is 4.35. The first kappa shape index (κ1) is 8.97. The zero-order chi connectivity index (χ0) is 8.10. The smallest absolute Gasteiger partial charge is 0.154 e. The standard InChI is InChI=1S/C8H16O3/c1-2-3-4-8(9)11-6-7-5-10-7/h7-9H,2-6H2,1H3. The second kappa shape index (κ2) is 4.70. The van der Waals surface area contributed by atoms with Crippen LogP contribution in [-0.4, -0.2) is 30.7 Å². The Hall–Kier alpha value is -0.120. The van der Waals surface area contributed by atoms with Gasteiger partial charge in [0.25, 0.3) is 0 Å². The maximum Gasteiger partial charge on any atom is 0.154 e. The Morgan fingerprint density at radius 1 is 1.73 bits per heavy atom. The van der Waals surface area contributed by atoms with E-state index in [9.17, 15) is 5.11 Å². The molecule has 1 fully saturated rings. The topological polar surface area (TPSA) is 42.0 Å².